The van der Waals surface area contributed by atoms with Gasteiger partial charge in [0.25, 0.3) is 0 Å². The molecule has 1 saturated heterocycles. The Bertz CT molecular complexity index is 1340. The minimum Gasteiger partial charge on any atom is -0.383 e. The zero-order chi connectivity index (χ0) is 25.4. The Kier molecular flexibility index (Phi) is 6.50. The summed E-state index contributed by atoms with van der Waals surface area (Å²) in [7, 11) is 0. The molecule has 7 nitrogen and oxygen atoms in total. The summed E-state index contributed by atoms with van der Waals surface area (Å²) in [5.74, 6) is 0.493. The molecule has 0 radical (unpaired) electrons. The molecule has 0 saturated carbocycles. The van der Waals surface area contributed by atoms with E-state index in [-0.39, 0.29) is 5.41 Å². The number of likely N-dealkylation sites (N-methyl/N-ethyl adjacent to an activating group) is 1. The lowest BCUT2D eigenvalue weighted by Crippen LogP contribution is -2.46. The number of aromatic nitrogens is 2. The van der Waals surface area contributed by atoms with Crippen molar-refractivity contribution in [2.45, 2.75) is 33.1 Å². The second-order valence-corrected chi connectivity index (χ2v) is 10.6. The van der Waals surface area contributed by atoms with E-state index in [1.165, 1.54) is 0 Å². The van der Waals surface area contributed by atoms with Crippen molar-refractivity contribution >= 4 is 34.6 Å². The van der Waals surface area contributed by atoms with Crippen molar-refractivity contribution in [1.29, 1.82) is 5.26 Å². The maximum Gasteiger partial charge on any atom is 0.227 e. The van der Waals surface area contributed by atoms with Gasteiger partial charge in [0.15, 0.2) is 0 Å². The van der Waals surface area contributed by atoms with Crippen LogP contribution < -0.4 is 15.5 Å². The van der Waals surface area contributed by atoms with Gasteiger partial charge in [-0.2, -0.15) is 5.26 Å². The predicted octanol–water partition coefficient (Wildman–Crippen LogP) is 5.57. The van der Waals surface area contributed by atoms with Crippen LogP contribution in [0.25, 0.3) is 11.3 Å². The van der Waals surface area contributed by atoms with E-state index in [0.717, 1.165) is 83.7 Å². The summed E-state index contributed by atoms with van der Waals surface area (Å²) in [6.07, 6.45) is 1.74. The number of rotatable bonds is 5. The highest BCUT2D eigenvalue weighted by Gasteiger charge is 2.32. The third kappa shape index (κ3) is 4.59. The lowest BCUT2D eigenvalue weighted by atomic mass is 9.85. The van der Waals surface area contributed by atoms with Gasteiger partial charge in [-0.3, -0.25) is 0 Å². The Morgan fingerprint density at radius 3 is 2.67 bits per heavy atom. The van der Waals surface area contributed by atoms with E-state index in [1.807, 2.05) is 18.2 Å². The van der Waals surface area contributed by atoms with E-state index in [0.29, 0.717) is 11.5 Å². The number of halogens is 1. The first kappa shape index (κ1) is 24.4. The topological polar surface area (TPSA) is 80.1 Å². The van der Waals surface area contributed by atoms with Gasteiger partial charge in [0.1, 0.15) is 6.07 Å². The number of nitriles is 1. The highest BCUT2D eigenvalue weighted by atomic mass is 35.5. The molecule has 3 aromatic rings. The van der Waals surface area contributed by atoms with E-state index in [2.05, 4.69) is 71.3 Å². The number of nitrogens with one attached hydrogen (secondary N) is 2. The molecule has 1 fully saturated rings. The van der Waals surface area contributed by atoms with Crippen molar-refractivity contribution < 1.29 is 0 Å². The number of piperazine rings is 1. The minimum absolute atomic E-state index is 0.0517. The summed E-state index contributed by atoms with van der Waals surface area (Å²) < 4.78 is 0. The fourth-order valence-electron chi connectivity index (χ4n) is 5.06. The maximum absolute atomic E-state index is 9.74. The van der Waals surface area contributed by atoms with Gasteiger partial charge < -0.3 is 20.4 Å². The second-order valence-electron chi connectivity index (χ2n) is 10.2. The summed E-state index contributed by atoms with van der Waals surface area (Å²) in [4.78, 5) is 14.0. The highest BCUT2D eigenvalue weighted by molar-refractivity contribution is 6.33. The minimum atomic E-state index is -0.0517. The van der Waals surface area contributed by atoms with Crippen molar-refractivity contribution in [3.8, 4) is 17.3 Å². The number of anilines is 4. The number of benzene rings is 2. The first-order valence-electron chi connectivity index (χ1n) is 12.5. The van der Waals surface area contributed by atoms with Crippen molar-refractivity contribution in [2.24, 2.45) is 0 Å². The molecule has 5 rings (SSSR count). The molecule has 3 heterocycles. The van der Waals surface area contributed by atoms with Gasteiger partial charge in [-0.1, -0.05) is 32.4 Å². The van der Waals surface area contributed by atoms with Crippen LogP contribution in [0.4, 0.5) is 23.0 Å². The molecule has 0 unspecified atom stereocenters. The van der Waals surface area contributed by atoms with Crippen LogP contribution >= 0.6 is 11.6 Å². The van der Waals surface area contributed by atoms with Crippen LogP contribution in [0.1, 0.15) is 37.5 Å². The van der Waals surface area contributed by atoms with Gasteiger partial charge >= 0.3 is 0 Å². The molecular weight excluding hydrogens is 470 g/mol. The van der Waals surface area contributed by atoms with Crippen LogP contribution in [-0.2, 0) is 5.41 Å². The Morgan fingerprint density at radius 2 is 1.94 bits per heavy atom. The van der Waals surface area contributed by atoms with E-state index in [9.17, 15) is 5.26 Å². The van der Waals surface area contributed by atoms with Crippen molar-refractivity contribution in [1.82, 2.24) is 14.9 Å². The molecule has 8 heteroatoms. The lowest BCUT2D eigenvalue weighted by Gasteiger charge is -2.36. The molecular formula is C28H32ClN7. The second kappa shape index (κ2) is 9.61. The third-order valence-electron chi connectivity index (χ3n) is 7.35. The molecule has 0 spiro atoms. The fourth-order valence-corrected chi connectivity index (χ4v) is 5.34. The van der Waals surface area contributed by atoms with Gasteiger partial charge in [0.2, 0.25) is 5.95 Å². The first-order chi connectivity index (χ1) is 17.3. The fraction of sp³-hybridized carbons (Fsp3) is 0.393. The molecule has 2 aromatic carbocycles. The van der Waals surface area contributed by atoms with E-state index < -0.39 is 0 Å². The number of aryl methyl sites for hydroxylation is 1. The quantitative estimate of drug-likeness (QED) is 0.473. The van der Waals surface area contributed by atoms with E-state index >= 15 is 0 Å². The number of fused-ring (bicyclic) bond motifs is 1. The number of hydrogen-bond donors (Lipinski definition) is 2. The van der Waals surface area contributed by atoms with Crippen LogP contribution in [0.2, 0.25) is 5.02 Å². The Morgan fingerprint density at radius 1 is 1.17 bits per heavy atom. The smallest absolute Gasteiger partial charge is 0.227 e. The zero-order valence-electron chi connectivity index (χ0n) is 21.3. The van der Waals surface area contributed by atoms with Gasteiger partial charge in [0.05, 0.1) is 27.7 Å². The molecule has 2 aliphatic heterocycles. The average molecular weight is 502 g/mol. The molecule has 2 N–H and O–H groups in total. The summed E-state index contributed by atoms with van der Waals surface area (Å²) >= 11 is 6.74. The maximum atomic E-state index is 9.74. The Labute approximate surface area is 218 Å². The summed E-state index contributed by atoms with van der Waals surface area (Å²) in [6, 6.07) is 12.4. The monoisotopic (exact) mass is 501 g/mol. The molecule has 186 valence electrons. The van der Waals surface area contributed by atoms with Crippen molar-refractivity contribution in [3.63, 3.8) is 0 Å². The van der Waals surface area contributed by atoms with Gasteiger partial charge in [-0.05, 0) is 54.9 Å². The molecule has 36 heavy (non-hydrogen) atoms. The molecule has 0 atom stereocenters. The SMILES string of the molecule is CCN1CCN(c2cc(C)c(Nc3nccc(-c4cc(C#N)c5c(c4)C(C)(C)CN5)n3)cc2Cl)CC1. The predicted molar refractivity (Wildman–Crippen MR) is 147 cm³/mol. The third-order valence-corrected chi connectivity index (χ3v) is 7.65. The Balaban J connectivity index is 1.41. The normalized spacial score (nSPS) is 16.8. The molecule has 0 aliphatic carbocycles. The average Bonchev–Trinajstić information content (AvgIpc) is 3.20. The summed E-state index contributed by atoms with van der Waals surface area (Å²) in [5, 5.41) is 17.2. The van der Waals surface area contributed by atoms with Crippen molar-refractivity contribution in [2.75, 3.05) is 54.8 Å². The largest absolute Gasteiger partial charge is 0.383 e. The molecule has 2 aliphatic rings. The highest BCUT2D eigenvalue weighted by Crippen LogP contribution is 2.41. The standard InChI is InChI=1S/C28H32ClN7/c1-5-35-8-10-36(11-9-35)25-12-18(2)24(15-22(25)29)34-27-31-7-6-23(33-27)19-13-20(16-30)26-21(14-19)28(3,4)17-32-26/h6-7,12-15,32H,5,8-11,17H2,1-4H3,(H,31,33,34). The van der Waals surface area contributed by atoms with Gasteiger partial charge in [-0.25, -0.2) is 9.97 Å². The van der Waals surface area contributed by atoms with Gasteiger partial charge in [0, 0.05) is 55.6 Å². The Hall–Kier alpha value is -3.34. The van der Waals surface area contributed by atoms with Crippen molar-refractivity contribution in [3.05, 3.63) is 58.2 Å². The number of hydrogen-bond acceptors (Lipinski definition) is 7. The van der Waals surface area contributed by atoms with E-state index in [4.69, 9.17) is 16.6 Å². The first-order valence-corrected chi connectivity index (χ1v) is 12.9. The van der Waals surface area contributed by atoms with Crippen LogP contribution in [-0.4, -0.2) is 54.1 Å². The van der Waals surface area contributed by atoms with Crippen LogP contribution in [0, 0.1) is 18.3 Å². The zero-order valence-corrected chi connectivity index (χ0v) is 22.1. The summed E-state index contributed by atoms with van der Waals surface area (Å²) in [5.41, 5.74) is 7.37. The van der Waals surface area contributed by atoms with Gasteiger partial charge in [-0.15, -0.1) is 0 Å². The van der Waals surface area contributed by atoms with Crippen LogP contribution in [0.5, 0.6) is 0 Å². The van der Waals surface area contributed by atoms with E-state index in [1.54, 1.807) is 6.20 Å². The number of nitrogens with zero attached hydrogens (tertiary/aromatic N) is 5. The summed E-state index contributed by atoms with van der Waals surface area (Å²) in [6.45, 7) is 14.6. The molecule has 1 aromatic heterocycles. The lowest BCUT2D eigenvalue weighted by molar-refractivity contribution is 0.271. The molecule has 0 bridgehead atoms. The van der Waals surface area contributed by atoms with Crippen LogP contribution in [0.3, 0.4) is 0 Å². The molecule has 0 amide bonds. The van der Waals surface area contributed by atoms with Crippen LogP contribution in [0.15, 0.2) is 36.5 Å².